The van der Waals surface area contributed by atoms with Crippen LogP contribution in [0.3, 0.4) is 0 Å². The second-order valence-corrected chi connectivity index (χ2v) is 4.69. The normalized spacial score (nSPS) is 14.8. The molecule has 2 unspecified atom stereocenters. The van der Waals surface area contributed by atoms with Gasteiger partial charge in [-0.05, 0) is 30.4 Å². The lowest BCUT2D eigenvalue weighted by atomic mass is 9.86. The van der Waals surface area contributed by atoms with Gasteiger partial charge in [0.05, 0.1) is 0 Å². The van der Waals surface area contributed by atoms with Crippen molar-refractivity contribution in [3.05, 3.63) is 35.4 Å². The van der Waals surface area contributed by atoms with E-state index in [4.69, 9.17) is 5.73 Å². The molecular formula is C15H25N. The highest BCUT2D eigenvalue weighted by Crippen LogP contribution is 2.28. The Morgan fingerprint density at radius 2 is 1.88 bits per heavy atom. The SMILES string of the molecule is CCCCC(CC)C(N)c1ccccc1C. The molecular weight excluding hydrogens is 194 g/mol. The molecule has 0 radical (unpaired) electrons. The third-order valence-electron chi connectivity index (χ3n) is 3.51. The number of aryl methyl sites for hydroxylation is 1. The Labute approximate surface area is 100 Å². The molecule has 1 nitrogen and oxygen atoms in total. The minimum Gasteiger partial charge on any atom is -0.324 e. The first-order valence-corrected chi connectivity index (χ1v) is 6.51. The summed E-state index contributed by atoms with van der Waals surface area (Å²) in [6.45, 7) is 6.65. The predicted molar refractivity (Wildman–Crippen MR) is 71.4 cm³/mol. The summed E-state index contributed by atoms with van der Waals surface area (Å²) in [7, 11) is 0. The van der Waals surface area contributed by atoms with E-state index in [1.54, 1.807) is 0 Å². The smallest absolute Gasteiger partial charge is 0.0326 e. The first-order valence-electron chi connectivity index (χ1n) is 6.51. The number of unbranched alkanes of at least 4 members (excludes halogenated alkanes) is 1. The Hall–Kier alpha value is -0.820. The van der Waals surface area contributed by atoms with Crippen molar-refractivity contribution in [2.24, 2.45) is 11.7 Å². The lowest BCUT2D eigenvalue weighted by molar-refractivity contribution is 0.377. The minimum absolute atomic E-state index is 0.206. The van der Waals surface area contributed by atoms with E-state index < -0.39 is 0 Å². The van der Waals surface area contributed by atoms with Crippen LogP contribution in [0.2, 0.25) is 0 Å². The molecule has 0 saturated heterocycles. The van der Waals surface area contributed by atoms with Crippen LogP contribution in [0.5, 0.6) is 0 Å². The summed E-state index contributed by atoms with van der Waals surface area (Å²) in [5, 5.41) is 0. The van der Waals surface area contributed by atoms with Gasteiger partial charge in [-0.15, -0.1) is 0 Å². The molecule has 2 atom stereocenters. The fourth-order valence-electron chi connectivity index (χ4n) is 2.32. The van der Waals surface area contributed by atoms with Crippen LogP contribution in [0.4, 0.5) is 0 Å². The van der Waals surface area contributed by atoms with E-state index in [2.05, 4.69) is 45.0 Å². The van der Waals surface area contributed by atoms with Gasteiger partial charge in [0, 0.05) is 6.04 Å². The molecule has 16 heavy (non-hydrogen) atoms. The zero-order valence-electron chi connectivity index (χ0n) is 10.9. The van der Waals surface area contributed by atoms with Gasteiger partial charge in [0.1, 0.15) is 0 Å². The third-order valence-corrected chi connectivity index (χ3v) is 3.51. The van der Waals surface area contributed by atoms with Crippen LogP contribution in [0.15, 0.2) is 24.3 Å². The standard InChI is InChI=1S/C15H25N/c1-4-6-10-13(5-2)15(16)14-11-8-7-9-12(14)3/h7-9,11,13,15H,4-6,10,16H2,1-3H3. The van der Waals surface area contributed by atoms with E-state index in [1.807, 2.05) is 0 Å². The first-order chi connectivity index (χ1) is 7.70. The van der Waals surface area contributed by atoms with Crippen LogP contribution in [0, 0.1) is 12.8 Å². The molecule has 0 aliphatic rings. The summed E-state index contributed by atoms with van der Waals surface area (Å²) < 4.78 is 0. The highest BCUT2D eigenvalue weighted by atomic mass is 14.7. The Morgan fingerprint density at radius 1 is 1.19 bits per heavy atom. The lowest BCUT2D eigenvalue weighted by Crippen LogP contribution is -2.21. The van der Waals surface area contributed by atoms with Crippen molar-refractivity contribution in [3.8, 4) is 0 Å². The zero-order chi connectivity index (χ0) is 12.0. The van der Waals surface area contributed by atoms with Crippen LogP contribution < -0.4 is 5.73 Å². The van der Waals surface area contributed by atoms with Crippen LogP contribution in [0.1, 0.15) is 56.7 Å². The minimum atomic E-state index is 0.206. The molecule has 0 aromatic heterocycles. The van der Waals surface area contributed by atoms with Crippen molar-refractivity contribution in [2.45, 2.75) is 52.5 Å². The molecule has 0 heterocycles. The van der Waals surface area contributed by atoms with E-state index in [0.717, 1.165) is 0 Å². The number of benzene rings is 1. The van der Waals surface area contributed by atoms with E-state index >= 15 is 0 Å². The van der Waals surface area contributed by atoms with Crippen LogP contribution in [-0.2, 0) is 0 Å². The average Bonchev–Trinajstić information content (AvgIpc) is 2.30. The van der Waals surface area contributed by atoms with Gasteiger partial charge in [0.25, 0.3) is 0 Å². The molecule has 1 heteroatoms. The third kappa shape index (κ3) is 3.34. The monoisotopic (exact) mass is 219 g/mol. The van der Waals surface area contributed by atoms with Gasteiger partial charge in [-0.3, -0.25) is 0 Å². The van der Waals surface area contributed by atoms with Crippen LogP contribution in [-0.4, -0.2) is 0 Å². The molecule has 0 aliphatic carbocycles. The van der Waals surface area contributed by atoms with Crippen LogP contribution >= 0.6 is 0 Å². The molecule has 1 rings (SSSR count). The van der Waals surface area contributed by atoms with Gasteiger partial charge in [0.15, 0.2) is 0 Å². The van der Waals surface area contributed by atoms with Crippen molar-refractivity contribution in [1.82, 2.24) is 0 Å². The van der Waals surface area contributed by atoms with E-state index in [-0.39, 0.29) is 6.04 Å². The number of rotatable bonds is 6. The van der Waals surface area contributed by atoms with Gasteiger partial charge in [0.2, 0.25) is 0 Å². The molecule has 0 saturated carbocycles. The summed E-state index contributed by atoms with van der Waals surface area (Å²) >= 11 is 0. The largest absolute Gasteiger partial charge is 0.324 e. The maximum atomic E-state index is 6.39. The fraction of sp³-hybridized carbons (Fsp3) is 0.600. The predicted octanol–water partition coefficient (Wildman–Crippen LogP) is 4.21. The molecule has 1 aromatic carbocycles. The van der Waals surface area contributed by atoms with Crippen LogP contribution in [0.25, 0.3) is 0 Å². The van der Waals surface area contributed by atoms with Gasteiger partial charge in [-0.2, -0.15) is 0 Å². The maximum absolute atomic E-state index is 6.39. The van der Waals surface area contributed by atoms with Crippen molar-refractivity contribution in [3.63, 3.8) is 0 Å². The second-order valence-electron chi connectivity index (χ2n) is 4.69. The van der Waals surface area contributed by atoms with Crippen molar-refractivity contribution < 1.29 is 0 Å². The summed E-state index contributed by atoms with van der Waals surface area (Å²) in [5.74, 6) is 0.626. The number of nitrogens with two attached hydrogens (primary N) is 1. The summed E-state index contributed by atoms with van der Waals surface area (Å²) in [6.07, 6.45) is 4.98. The average molecular weight is 219 g/mol. The molecule has 0 amide bonds. The summed E-state index contributed by atoms with van der Waals surface area (Å²) in [5.41, 5.74) is 9.04. The van der Waals surface area contributed by atoms with E-state index in [0.29, 0.717) is 5.92 Å². The number of hydrogen-bond acceptors (Lipinski definition) is 1. The topological polar surface area (TPSA) is 26.0 Å². The number of hydrogen-bond donors (Lipinski definition) is 1. The Balaban J connectivity index is 2.74. The molecule has 1 aromatic rings. The van der Waals surface area contributed by atoms with Gasteiger partial charge < -0.3 is 5.73 Å². The lowest BCUT2D eigenvalue weighted by Gasteiger charge is -2.24. The molecule has 0 spiro atoms. The van der Waals surface area contributed by atoms with E-state index in [1.165, 1.54) is 36.8 Å². The Morgan fingerprint density at radius 3 is 2.44 bits per heavy atom. The summed E-state index contributed by atoms with van der Waals surface area (Å²) in [4.78, 5) is 0. The zero-order valence-corrected chi connectivity index (χ0v) is 10.9. The Bertz CT molecular complexity index is 306. The highest BCUT2D eigenvalue weighted by Gasteiger charge is 2.18. The van der Waals surface area contributed by atoms with E-state index in [9.17, 15) is 0 Å². The van der Waals surface area contributed by atoms with Gasteiger partial charge in [-0.1, -0.05) is 57.4 Å². The highest BCUT2D eigenvalue weighted by molar-refractivity contribution is 5.28. The molecule has 2 N–H and O–H groups in total. The quantitative estimate of drug-likeness (QED) is 0.762. The van der Waals surface area contributed by atoms with Gasteiger partial charge >= 0.3 is 0 Å². The molecule has 0 aliphatic heterocycles. The van der Waals surface area contributed by atoms with Crippen molar-refractivity contribution in [2.75, 3.05) is 0 Å². The molecule has 90 valence electrons. The van der Waals surface area contributed by atoms with Crippen molar-refractivity contribution in [1.29, 1.82) is 0 Å². The molecule has 0 bridgehead atoms. The second kappa shape index (κ2) is 6.70. The fourth-order valence-corrected chi connectivity index (χ4v) is 2.32. The maximum Gasteiger partial charge on any atom is 0.0326 e. The first kappa shape index (κ1) is 13.2. The molecule has 0 fully saturated rings. The van der Waals surface area contributed by atoms with Gasteiger partial charge in [-0.25, -0.2) is 0 Å². The Kier molecular flexibility index (Phi) is 5.54. The summed E-state index contributed by atoms with van der Waals surface area (Å²) in [6, 6.07) is 8.71. The van der Waals surface area contributed by atoms with Crippen molar-refractivity contribution >= 4 is 0 Å².